The summed E-state index contributed by atoms with van der Waals surface area (Å²) >= 11 is 0. The van der Waals surface area contributed by atoms with E-state index in [4.69, 9.17) is 0 Å². The molecule has 0 aliphatic carbocycles. The zero-order chi connectivity index (χ0) is 15.5. The fourth-order valence-corrected chi connectivity index (χ4v) is 3.64. The fraction of sp³-hybridized carbons (Fsp3) is 0.824. The number of hydrogen-bond donors (Lipinski definition) is 0. The second-order valence-electron chi connectivity index (χ2n) is 7.11. The summed E-state index contributed by atoms with van der Waals surface area (Å²) in [4.78, 5) is 14.6. The Bertz CT molecular complexity index is 523. The van der Waals surface area contributed by atoms with Crippen LogP contribution in [0.5, 0.6) is 0 Å². The monoisotopic (exact) mass is 304 g/mol. The first-order valence-electron chi connectivity index (χ1n) is 8.88. The third-order valence-corrected chi connectivity index (χ3v) is 4.94. The number of aryl methyl sites for hydroxylation is 1. The molecule has 1 unspecified atom stereocenters. The molecular formula is C17H28N4O. The van der Waals surface area contributed by atoms with E-state index >= 15 is 0 Å². The zero-order valence-electron chi connectivity index (χ0n) is 13.9. The summed E-state index contributed by atoms with van der Waals surface area (Å²) in [6, 6.07) is 0.152. The number of amides is 1. The van der Waals surface area contributed by atoms with Crippen LogP contribution in [0.2, 0.25) is 0 Å². The molecule has 0 spiro atoms. The molecule has 0 aromatic carbocycles. The smallest absolute Gasteiger partial charge is 0.223 e. The highest BCUT2D eigenvalue weighted by Crippen LogP contribution is 2.33. The van der Waals surface area contributed by atoms with Crippen molar-refractivity contribution < 1.29 is 4.79 Å². The van der Waals surface area contributed by atoms with Crippen LogP contribution in [0.3, 0.4) is 0 Å². The molecule has 1 saturated heterocycles. The molecule has 5 heteroatoms. The first-order valence-corrected chi connectivity index (χ1v) is 8.88. The van der Waals surface area contributed by atoms with Gasteiger partial charge in [-0.3, -0.25) is 4.79 Å². The van der Waals surface area contributed by atoms with Gasteiger partial charge in [-0.2, -0.15) is 0 Å². The van der Waals surface area contributed by atoms with Crippen molar-refractivity contribution in [1.29, 1.82) is 0 Å². The molecule has 0 N–H and O–H groups in total. The number of fused-ring (bicyclic) bond motifs is 1. The van der Waals surface area contributed by atoms with Crippen LogP contribution >= 0.6 is 0 Å². The van der Waals surface area contributed by atoms with E-state index in [-0.39, 0.29) is 6.04 Å². The van der Waals surface area contributed by atoms with Gasteiger partial charge in [0.15, 0.2) is 5.82 Å². The van der Waals surface area contributed by atoms with Crippen molar-refractivity contribution in [2.24, 2.45) is 5.92 Å². The Morgan fingerprint density at radius 3 is 2.86 bits per heavy atom. The van der Waals surface area contributed by atoms with E-state index in [1.165, 1.54) is 19.3 Å². The lowest BCUT2D eigenvalue weighted by Gasteiger charge is -2.25. The molecule has 3 rings (SSSR count). The number of nitrogens with zero attached hydrogens (tertiary/aromatic N) is 4. The minimum Gasteiger partial charge on any atom is -0.332 e. The maximum atomic E-state index is 12.6. The van der Waals surface area contributed by atoms with E-state index in [0.29, 0.717) is 18.2 Å². The molecule has 1 fully saturated rings. The maximum absolute atomic E-state index is 12.6. The number of aromatic nitrogens is 3. The van der Waals surface area contributed by atoms with Crippen LogP contribution < -0.4 is 0 Å². The minimum atomic E-state index is 0.152. The molecule has 1 amide bonds. The largest absolute Gasteiger partial charge is 0.332 e. The summed E-state index contributed by atoms with van der Waals surface area (Å²) < 4.78 is 2.30. The average molecular weight is 304 g/mol. The lowest BCUT2D eigenvalue weighted by atomic mass is 10.1. The zero-order valence-corrected chi connectivity index (χ0v) is 13.9. The molecule has 1 aromatic heterocycles. The SMILES string of the molecule is CC(C)CCC(=O)N1CCCC1c1nnc2n1CCCCC2. The quantitative estimate of drug-likeness (QED) is 0.859. The summed E-state index contributed by atoms with van der Waals surface area (Å²) in [5.41, 5.74) is 0. The minimum absolute atomic E-state index is 0.152. The van der Waals surface area contributed by atoms with Gasteiger partial charge in [0, 0.05) is 25.9 Å². The van der Waals surface area contributed by atoms with Gasteiger partial charge in [-0.15, -0.1) is 10.2 Å². The molecule has 0 radical (unpaired) electrons. The van der Waals surface area contributed by atoms with E-state index < -0.39 is 0 Å². The van der Waals surface area contributed by atoms with Crippen LogP contribution in [-0.4, -0.2) is 32.1 Å². The third kappa shape index (κ3) is 3.18. The molecular weight excluding hydrogens is 276 g/mol. The van der Waals surface area contributed by atoms with E-state index in [2.05, 4.69) is 33.5 Å². The molecule has 2 aliphatic heterocycles. The molecule has 5 nitrogen and oxygen atoms in total. The molecule has 0 saturated carbocycles. The second kappa shape index (κ2) is 6.80. The summed E-state index contributed by atoms with van der Waals surface area (Å²) in [6.07, 6.45) is 8.46. The van der Waals surface area contributed by atoms with Crippen LogP contribution in [0, 0.1) is 5.92 Å². The van der Waals surface area contributed by atoms with Gasteiger partial charge in [0.25, 0.3) is 0 Å². The highest BCUT2D eigenvalue weighted by Gasteiger charge is 2.34. The number of likely N-dealkylation sites (tertiary alicyclic amines) is 1. The Kier molecular flexibility index (Phi) is 4.79. The lowest BCUT2D eigenvalue weighted by molar-refractivity contribution is -0.132. The predicted molar refractivity (Wildman–Crippen MR) is 85.3 cm³/mol. The van der Waals surface area contributed by atoms with Crippen LogP contribution in [-0.2, 0) is 17.8 Å². The Balaban J connectivity index is 1.76. The van der Waals surface area contributed by atoms with Gasteiger partial charge >= 0.3 is 0 Å². The number of carbonyl (C=O) groups excluding carboxylic acids is 1. The normalized spacial score (nSPS) is 22.0. The van der Waals surface area contributed by atoms with E-state index in [1.54, 1.807) is 0 Å². The number of carbonyl (C=O) groups is 1. The highest BCUT2D eigenvalue weighted by atomic mass is 16.2. The van der Waals surface area contributed by atoms with Gasteiger partial charge in [-0.1, -0.05) is 20.3 Å². The third-order valence-electron chi connectivity index (χ3n) is 4.94. The molecule has 0 bridgehead atoms. The van der Waals surface area contributed by atoms with Crippen LogP contribution in [0.4, 0.5) is 0 Å². The summed E-state index contributed by atoms with van der Waals surface area (Å²) in [5, 5.41) is 8.87. The van der Waals surface area contributed by atoms with Crippen molar-refractivity contribution >= 4 is 5.91 Å². The summed E-state index contributed by atoms with van der Waals surface area (Å²) in [5.74, 6) is 3.03. The van der Waals surface area contributed by atoms with E-state index in [1.807, 2.05) is 0 Å². The van der Waals surface area contributed by atoms with Crippen molar-refractivity contribution in [2.75, 3.05) is 6.54 Å². The second-order valence-corrected chi connectivity index (χ2v) is 7.11. The van der Waals surface area contributed by atoms with Crippen molar-refractivity contribution in [3.05, 3.63) is 11.6 Å². The van der Waals surface area contributed by atoms with Crippen molar-refractivity contribution in [1.82, 2.24) is 19.7 Å². The van der Waals surface area contributed by atoms with Gasteiger partial charge < -0.3 is 9.47 Å². The Hall–Kier alpha value is -1.39. The highest BCUT2D eigenvalue weighted by molar-refractivity contribution is 5.76. The van der Waals surface area contributed by atoms with Crippen molar-refractivity contribution in [3.63, 3.8) is 0 Å². The summed E-state index contributed by atoms with van der Waals surface area (Å²) in [6.45, 7) is 6.24. The van der Waals surface area contributed by atoms with Crippen LogP contribution in [0.1, 0.15) is 76.5 Å². The summed E-state index contributed by atoms with van der Waals surface area (Å²) in [7, 11) is 0. The standard InChI is InChI=1S/C17H28N4O/c1-13(2)9-10-16(22)20-12-6-7-14(20)17-19-18-15-8-4-3-5-11-21(15)17/h13-14H,3-12H2,1-2H3. The molecule has 22 heavy (non-hydrogen) atoms. The Morgan fingerprint density at radius 2 is 2.05 bits per heavy atom. The average Bonchev–Trinajstić information content (AvgIpc) is 3.05. The van der Waals surface area contributed by atoms with E-state index in [9.17, 15) is 4.79 Å². The predicted octanol–water partition coefficient (Wildman–Crippen LogP) is 3.10. The molecule has 3 heterocycles. The maximum Gasteiger partial charge on any atom is 0.223 e. The molecule has 1 atom stereocenters. The molecule has 2 aliphatic rings. The Morgan fingerprint density at radius 1 is 1.18 bits per heavy atom. The van der Waals surface area contributed by atoms with Gasteiger partial charge in [-0.05, 0) is 38.0 Å². The van der Waals surface area contributed by atoms with Gasteiger partial charge in [0.1, 0.15) is 5.82 Å². The fourth-order valence-electron chi connectivity index (χ4n) is 3.64. The number of rotatable bonds is 4. The first-order chi connectivity index (χ1) is 10.7. The first kappa shape index (κ1) is 15.5. The topological polar surface area (TPSA) is 51.0 Å². The van der Waals surface area contributed by atoms with Crippen molar-refractivity contribution in [3.8, 4) is 0 Å². The van der Waals surface area contributed by atoms with Gasteiger partial charge in [0.2, 0.25) is 5.91 Å². The number of hydrogen-bond acceptors (Lipinski definition) is 3. The van der Waals surface area contributed by atoms with Crippen LogP contribution in [0.15, 0.2) is 0 Å². The van der Waals surface area contributed by atoms with Gasteiger partial charge in [0.05, 0.1) is 6.04 Å². The van der Waals surface area contributed by atoms with E-state index in [0.717, 1.165) is 50.4 Å². The van der Waals surface area contributed by atoms with Crippen LogP contribution in [0.25, 0.3) is 0 Å². The molecule has 122 valence electrons. The Labute approximate surface area is 133 Å². The molecule has 1 aromatic rings. The lowest BCUT2D eigenvalue weighted by Crippen LogP contribution is -2.32. The van der Waals surface area contributed by atoms with Crippen molar-refractivity contribution in [2.45, 2.75) is 77.8 Å². The van der Waals surface area contributed by atoms with Gasteiger partial charge in [-0.25, -0.2) is 0 Å².